The smallest absolute Gasteiger partial charge is 0.375 e. The van der Waals surface area contributed by atoms with E-state index in [0.29, 0.717) is 6.54 Å². The second kappa shape index (κ2) is 5.85. The number of alkyl halides is 2. The van der Waals surface area contributed by atoms with E-state index < -0.39 is 18.4 Å². The van der Waals surface area contributed by atoms with E-state index in [0.717, 1.165) is 19.3 Å². The summed E-state index contributed by atoms with van der Waals surface area (Å²) in [6.07, 6.45) is 2.77. The van der Waals surface area contributed by atoms with Gasteiger partial charge in [-0.05, 0) is 13.0 Å². The number of hydrogen-bond donors (Lipinski definition) is 2. The van der Waals surface area contributed by atoms with Crippen molar-refractivity contribution in [3.63, 3.8) is 0 Å². The third-order valence-electron chi connectivity index (χ3n) is 1.62. The fraction of sp³-hybridized carbons (Fsp3) is 0.875. The van der Waals surface area contributed by atoms with Crippen LogP contribution in [0.3, 0.4) is 0 Å². The van der Waals surface area contributed by atoms with Gasteiger partial charge >= 0.3 is 11.9 Å². The van der Waals surface area contributed by atoms with Gasteiger partial charge in [-0.15, -0.1) is 0 Å². The second-order valence-corrected chi connectivity index (χ2v) is 2.89. The number of aliphatic carboxylic acids is 1. The summed E-state index contributed by atoms with van der Waals surface area (Å²) in [4.78, 5) is 9.95. The number of unbranched alkanes of at least 4 members (excludes halogenated alkanes) is 2. The molecule has 13 heavy (non-hydrogen) atoms. The van der Waals surface area contributed by atoms with Crippen LogP contribution in [-0.4, -0.2) is 30.1 Å². The molecular weight excluding hydrogens is 180 g/mol. The Labute approximate surface area is 76.1 Å². The van der Waals surface area contributed by atoms with Crippen molar-refractivity contribution in [2.75, 3.05) is 13.1 Å². The van der Waals surface area contributed by atoms with E-state index >= 15 is 0 Å². The first-order valence-electron chi connectivity index (χ1n) is 4.32. The van der Waals surface area contributed by atoms with Gasteiger partial charge in [0.2, 0.25) is 0 Å². The molecule has 0 aliphatic heterocycles. The molecule has 0 saturated carbocycles. The van der Waals surface area contributed by atoms with Crippen LogP contribution in [0, 0.1) is 0 Å². The van der Waals surface area contributed by atoms with Gasteiger partial charge in [-0.1, -0.05) is 19.8 Å². The van der Waals surface area contributed by atoms with Crippen molar-refractivity contribution in [1.29, 1.82) is 0 Å². The molecule has 0 bridgehead atoms. The normalized spacial score (nSPS) is 11.6. The largest absolute Gasteiger partial charge is 0.477 e. The highest BCUT2D eigenvalue weighted by molar-refractivity contribution is 5.75. The van der Waals surface area contributed by atoms with Crippen molar-refractivity contribution in [3.05, 3.63) is 0 Å². The van der Waals surface area contributed by atoms with E-state index in [1.165, 1.54) is 0 Å². The average molecular weight is 195 g/mol. The Morgan fingerprint density at radius 3 is 2.54 bits per heavy atom. The highest BCUT2D eigenvalue weighted by atomic mass is 19.3. The van der Waals surface area contributed by atoms with Gasteiger partial charge in [-0.2, -0.15) is 8.78 Å². The topological polar surface area (TPSA) is 49.3 Å². The van der Waals surface area contributed by atoms with Gasteiger partial charge in [-0.3, -0.25) is 0 Å². The Hall–Kier alpha value is -0.710. The monoisotopic (exact) mass is 195 g/mol. The lowest BCUT2D eigenvalue weighted by Gasteiger charge is -2.11. The molecule has 0 aromatic carbocycles. The van der Waals surface area contributed by atoms with E-state index in [1.807, 2.05) is 6.92 Å². The van der Waals surface area contributed by atoms with Gasteiger partial charge in [0.05, 0.1) is 6.54 Å². The molecule has 0 heterocycles. The van der Waals surface area contributed by atoms with E-state index in [2.05, 4.69) is 5.32 Å². The van der Waals surface area contributed by atoms with Crippen LogP contribution in [0.1, 0.15) is 26.2 Å². The predicted molar refractivity (Wildman–Crippen MR) is 45.0 cm³/mol. The summed E-state index contributed by atoms with van der Waals surface area (Å²) in [7, 11) is 0. The SMILES string of the molecule is CCCCCNCC(F)(F)C(=O)O. The van der Waals surface area contributed by atoms with Gasteiger partial charge in [0, 0.05) is 0 Å². The molecule has 0 saturated heterocycles. The summed E-state index contributed by atoms with van der Waals surface area (Å²) in [5, 5.41) is 10.5. The molecule has 3 nitrogen and oxygen atoms in total. The van der Waals surface area contributed by atoms with Crippen molar-refractivity contribution in [2.24, 2.45) is 0 Å². The quantitative estimate of drug-likeness (QED) is 0.605. The Kier molecular flexibility index (Phi) is 5.53. The Morgan fingerprint density at radius 1 is 1.46 bits per heavy atom. The molecule has 0 aliphatic carbocycles. The maximum absolute atomic E-state index is 12.4. The van der Waals surface area contributed by atoms with E-state index in [9.17, 15) is 13.6 Å². The molecule has 0 fully saturated rings. The van der Waals surface area contributed by atoms with Crippen LogP contribution in [-0.2, 0) is 4.79 Å². The zero-order chi connectivity index (χ0) is 10.3. The van der Waals surface area contributed by atoms with Crippen LogP contribution in [0.2, 0.25) is 0 Å². The van der Waals surface area contributed by atoms with Crippen LogP contribution in [0.25, 0.3) is 0 Å². The number of rotatable bonds is 7. The summed E-state index contributed by atoms with van der Waals surface area (Å²) in [6.45, 7) is 1.66. The molecule has 0 amide bonds. The highest BCUT2D eigenvalue weighted by Gasteiger charge is 2.37. The Balaban J connectivity index is 3.46. The molecule has 2 N–H and O–H groups in total. The maximum Gasteiger partial charge on any atom is 0.375 e. The second-order valence-electron chi connectivity index (χ2n) is 2.89. The minimum atomic E-state index is -3.65. The summed E-state index contributed by atoms with van der Waals surface area (Å²) in [5.41, 5.74) is 0. The van der Waals surface area contributed by atoms with Crippen LogP contribution >= 0.6 is 0 Å². The van der Waals surface area contributed by atoms with Gasteiger partial charge < -0.3 is 10.4 Å². The van der Waals surface area contributed by atoms with E-state index in [4.69, 9.17) is 5.11 Å². The lowest BCUT2D eigenvalue weighted by molar-refractivity contribution is -0.163. The van der Waals surface area contributed by atoms with Crippen LogP contribution in [0.15, 0.2) is 0 Å². The summed E-state index contributed by atoms with van der Waals surface area (Å²) < 4.78 is 24.8. The van der Waals surface area contributed by atoms with E-state index in [-0.39, 0.29) is 0 Å². The number of carboxylic acid groups (broad SMARTS) is 1. The summed E-state index contributed by atoms with van der Waals surface area (Å²) >= 11 is 0. The molecule has 0 radical (unpaired) electrons. The fourth-order valence-corrected chi connectivity index (χ4v) is 0.821. The van der Waals surface area contributed by atoms with Crippen LogP contribution < -0.4 is 5.32 Å². The lowest BCUT2D eigenvalue weighted by Crippen LogP contribution is -2.40. The average Bonchev–Trinajstić information content (AvgIpc) is 2.03. The number of carbonyl (C=O) groups is 1. The minimum absolute atomic E-state index is 0.441. The standard InChI is InChI=1S/C8H15F2NO2/c1-2-3-4-5-11-6-8(9,10)7(12)13/h11H,2-6H2,1H3,(H,12,13). The zero-order valence-corrected chi connectivity index (χ0v) is 7.65. The first-order valence-corrected chi connectivity index (χ1v) is 4.32. The summed E-state index contributed by atoms with van der Waals surface area (Å²) in [6, 6.07) is 0. The van der Waals surface area contributed by atoms with Gasteiger partial charge in [0.25, 0.3) is 0 Å². The molecular formula is C8H15F2NO2. The molecule has 0 aromatic heterocycles. The Bertz CT molecular complexity index is 162. The molecule has 78 valence electrons. The lowest BCUT2D eigenvalue weighted by atomic mass is 10.2. The third-order valence-corrected chi connectivity index (χ3v) is 1.62. The van der Waals surface area contributed by atoms with Gasteiger partial charge in [0.1, 0.15) is 0 Å². The molecule has 0 spiro atoms. The first kappa shape index (κ1) is 12.3. The van der Waals surface area contributed by atoms with Crippen molar-refractivity contribution in [1.82, 2.24) is 5.32 Å². The Morgan fingerprint density at radius 2 is 2.08 bits per heavy atom. The third kappa shape index (κ3) is 5.52. The van der Waals surface area contributed by atoms with Gasteiger partial charge in [0.15, 0.2) is 0 Å². The number of nitrogens with one attached hydrogen (secondary N) is 1. The highest BCUT2D eigenvalue weighted by Crippen LogP contribution is 2.11. The number of hydrogen-bond acceptors (Lipinski definition) is 2. The molecule has 0 aromatic rings. The molecule has 5 heteroatoms. The number of carboxylic acids is 1. The predicted octanol–water partition coefficient (Wildman–Crippen LogP) is 1.49. The first-order chi connectivity index (χ1) is 6.00. The fourth-order valence-electron chi connectivity index (χ4n) is 0.821. The number of halogens is 2. The van der Waals surface area contributed by atoms with Crippen molar-refractivity contribution in [2.45, 2.75) is 32.1 Å². The van der Waals surface area contributed by atoms with E-state index in [1.54, 1.807) is 0 Å². The van der Waals surface area contributed by atoms with Crippen LogP contribution in [0.4, 0.5) is 8.78 Å². The van der Waals surface area contributed by atoms with Crippen molar-refractivity contribution in [3.8, 4) is 0 Å². The zero-order valence-electron chi connectivity index (χ0n) is 7.65. The maximum atomic E-state index is 12.4. The molecule has 0 atom stereocenters. The molecule has 0 unspecified atom stereocenters. The molecule has 0 aliphatic rings. The minimum Gasteiger partial charge on any atom is -0.477 e. The van der Waals surface area contributed by atoms with Crippen molar-refractivity contribution >= 4 is 5.97 Å². The summed E-state index contributed by atoms with van der Waals surface area (Å²) in [5.74, 6) is -5.72. The molecule has 0 rings (SSSR count). The van der Waals surface area contributed by atoms with Gasteiger partial charge in [-0.25, -0.2) is 4.79 Å². The van der Waals surface area contributed by atoms with Crippen LogP contribution in [0.5, 0.6) is 0 Å². The van der Waals surface area contributed by atoms with Crippen molar-refractivity contribution < 1.29 is 18.7 Å².